The number of anilines is 2. The first kappa shape index (κ1) is 13.9. The highest BCUT2D eigenvalue weighted by molar-refractivity contribution is 5.77. The maximum Gasteiger partial charge on any atom is 0.257 e. The fourth-order valence-electron chi connectivity index (χ4n) is 1.72. The van der Waals surface area contributed by atoms with Gasteiger partial charge >= 0.3 is 0 Å². The molecule has 0 aliphatic rings. The first-order chi connectivity index (χ1) is 9.78. The lowest BCUT2D eigenvalue weighted by Gasteiger charge is -2.09. The molecule has 0 saturated carbocycles. The third-order valence-corrected chi connectivity index (χ3v) is 2.66. The number of amides is 1. The van der Waals surface area contributed by atoms with Crippen LogP contribution in [0.5, 0.6) is 5.75 Å². The van der Waals surface area contributed by atoms with E-state index < -0.39 is 0 Å². The van der Waals surface area contributed by atoms with E-state index in [1.54, 1.807) is 0 Å². The van der Waals surface area contributed by atoms with Crippen LogP contribution >= 0.6 is 0 Å². The molecule has 4 nitrogen and oxygen atoms in total. The number of hydrogen-bond acceptors (Lipinski definition) is 3. The molecule has 2 N–H and O–H groups in total. The number of hydrogen-bond donors (Lipinski definition) is 2. The molecule has 0 bridgehead atoms. The smallest absolute Gasteiger partial charge is 0.257 e. The largest absolute Gasteiger partial charge is 0.484 e. The second kappa shape index (κ2) is 7.19. The molecule has 0 unspecified atom stereocenters. The minimum atomic E-state index is -0.112. The van der Waals surface area contributed by atoms with Crippen molar-refractivity contribution in [3.05, 3.63) is 54.6 Å². The number of rotatable bonds is 6. The van der Waals surface area contributed by atoms with Crippen LogP contribution in [0.4, 0.5) is 11.4 Å². The molecule has 0 aliphatic carbocycles. The summed E-state index contributed by atoms with van der Waals surface area (Å²) in [5, 5.41) is 5.96. The topological polar surface area (TPSA) is 50.4 Å². The Bertz CT molecular complexity index is 538. The Morgan fingerprint density at radius 1 is 1.00 bits per heavy atom. The minimum absolute atomic E-state index is 0.0410. The highest BCUT2D eigenvalue weighted by atomic mass is 16.5. The Hall–Kier alpha value is -2.49. The molecule has 0 fully saturated rings. The van der Waals surface area contributed by atoms with Crippen molar-refractivity contribution in [1.29, 1.82) is 0 Å². The van der Waals surface area contributed by atoms with Gasteiger partial charge in [0.2, 0.25) is 0 Å². The van der Waals surface area contributed by atoms with E-state index >= 15 is 0 Å². The van der Waals surface area contributed by atoms with E-state index in [9.17, 15) is 4.79 Å². The quantitative estimate of drug-likeness (QED) is 0.848. The van der Waals surface area contributed by atoms with Crippen molar-refractivity contribution in [1.82, 2.24) is 5.32 Å². The summed E-state index contributed by atoms with van der Waals surface area (Å²) >= 11 is 0. The normalized spacial score (nSPS) is 9.85. The molecule has 0 heterocycles. The molecule has 20 heavy (non-hydrogen) atoms. The van der Waals surface area contributed by atoms with Gasteiger partial charge in [-0.2, -0.15) is 0 Å². The van der Waals surface area contributed by atoms with Gasteiger partial charge < -0.3 is 15.4 Å². The Morgan fingerprint density at radius 2 is 1.65 bits per heavy atom. The summed E-state index contributed by atoms with van der Waals surface area (Å²) in [7, 11) is 0. The van der Waals surface area contributed by atoms with Gasteiger partial charge in [-0.1, -0.05) is 18.2 Å². The molecular formula is C16H18N2O2. The van der Waals surface area contributed by atoms with Crippen LogP contribution in [0.1, 0.15) is 6.92 Å². The molecule has 1 amide bonds. The second-order valence-corrected chi connectivity index (χ2v) is 4.26. The van der Waals surface area contributed by atoms with E-state index in [4.69, 9.17) is 4.74 Å². The lowest BCUT2D eigenvalue weighted by Crippen LogP contribution is -2.28. The first-order valence-electron chi connectivity index (χ1n) is 6.59. The molecule has 0 radical (unpaired) electrons. The minimum Gasteiger partial charge on any atom is -0.484 e. The van der Waals surface area contributed by atoms with Gasteiger partial charge in [0.1, 0.15) is 5.75 Å². The van der Waals surface area contributed by atoms with Crippen molar-refractivity contribution in [2.75, 3.05) is 18.5 Å². The van der Waals surface area contributed by atoms with E-state index in [2.05, 4.69) is 10.6 Å². The van der Waals surface area contributed by atoms with Crippen molar-refractivity contribution >= 4 is 17.3 Å². The van der Waals surface area contributed by atoms with E-state index in [0.717, 1.165) is 11.4 Å². The molecule has 0 spiro atoms. The first-order valence-corrected chi connectivity index (χ1v) is 6.59. The van der Waals surface area contributed by atoms with Crippen LogP contribution in [0.15, 0.2) is 54.6 Å². The summed E-state index contributed by atoms with van der Waals surface area (Å²) in [6.07, 6.45) is 0. The number of para-hydroxylation sites is 1. The number of nitrogens with one attached hydrogen (secondary N) is 2. The number of carbonyl (C=O) groups is 1. The second-order valence-electron chi connectivity index (χ2n) is 4.26. The van der Waals surface area contributed by atoms with Crippen molar-refractivity contribution in [3.63, 3.8) is 0 Å². The fraction of sp³-hybridized carbons (Fsp3) is 0.188. The summed E-state index contributed by atoms with van der Waals surface area (Å²) < 4.78 is 5.39. The zero-order chi connectivity index (χ0) is 14.2. The average Bonchev–Trinajstić information content (AvgIpc) is 2.48. The van der Waals surface area contributed by atoms with Crippen molar-refractivity contribution in [2.45, 2.75) is 6.92 Å². The number of carbonyl (C=O) groups excluding carboxylic acids is 1. The molecule has 0 saturated heterocycles. The van der Waals surface area contributed by atoms with Crippen LogP contribution in [0.3, 0.4) is 0 Å². The predicted molar refractivity (Wildman–Crippen MR) is 80.3 cm³/mol. The average molecular weight is 270 g/mol. The van der Waals surface area contributed by atoms with Gasteiger partial charge in [-0.25, -0.2) is 0 Å². The van der Waals surface area contributed by atoms with Crippen molar-refractivity contribution < 1.29 is 9.53 Å². The maximum absolute atomic E-state index is 11.3. The van der Waals surface area contributed by atoms with Crippen LogP contribution in [-0.4, -0.2) is 19.1 Å². The maximum atomic E-state index is 11.3. The van der Waals surface area contributed by atoms with E-state index in [0.29, 0.717) is 12.3 Å². The molecule has 0 aromatic heterocycles. The van der Waals surface area contributed by atoms with Crippen LogP contribution in [0.25, 0.3) is 0 Å². The summed E-state index contributed by atoms with van der Waals surface area (Å²) in [4.78, 5) is 11.3. The third-order valence-electron chi connectivity index (χ3n) is 2.66. The molecule has 4 heteroatoms. The Labute approximate surface area is 118 Å². The van der Waals surface area contributed by atoms with E-state index in [1.807, 2.05) is 61.5 Å². The molecular weight excluding hydrogens is 252 g/mol. The standard InChI is InChI=1S/C16H18N2O2/c1-2-17-16(19)12-20-15-10-8-14(9-11-15)18-13-6-4-3-5-7-13/h3-11,18H,2,12H2,1H3,(H,17,19). The third kappa shape index (κ3) is 4.31. The Morgan fingerprint density at radius 3 is 2.30 bits per heavy atom. The summed E-state index contributed by atoms with van der Waals surface area (Å²) in [6.45, 7) is 2.53. The molecule has 0 atom stereocenters. The Kier molecular flexibility index (Phi) is 5.00. The lowest BCUT2D eigenvalue weighted by atomic mass is 10.2. The van der Waals surface area contributed by atoms with Gasteiger partial charge in [-0.15, -0.1) is 0 Å². The van der Waals surface area contributed by atoms with Gasteiger partial charge in [-0.3, -0.25) is 4.79 Å². The van der Waals surface area contributed by atoms with E-state index in [-0.39, 0.29) is 12.5 Å². The highest BCUT2D eigenvalue weighted by Crippen LogP contribution is 2.19. The van der Waals surface area contributed by atoms with E-state index in [1.165, 1.54) is 0 Å². The van der Waals surface area contributed by atoms with Crippen LogP contribution in [-0.2, 0) is 4.79 Å². The molecule has 104 valence electrons. The van der Waals surface area contributed by atoms with Gasteiger partial charge in [-0.05, 0) is 43.3 Å². The summed E-state index contributed by atoms with van der Waals surface area (Å²) in [5.74, 6) is 0.564. The SMILES string of the molecule is CCNC(=O)COc1ccc(Nc2ccccc2)cc1. The number of likely N-dealkylation sites (N-methyl/N-ethyl adjacent to an activating group) is 1. The molecule has 2 aromatic rings. The summed E-state index contributed by atoms with van der Waals surface area (Å²) in [6, 6.07) is 17.4. The monoisotopic (exact) mass is 270 g/mol. The zero-order valence-electron chi connectivity index (χ0n) is 11.4. The van der Waals surface area contributed by atoms with Crippen LogP contribution in [0.2, 0.25) is 0 Å². The van der Waals surface area contributed by atoms with Gasteiger partial charge in [0.25, 0.3) is 5.91 Å². The van der Waals surface area contributed by atoms with Gasteiger partial charge in [0.05, 0.1) is 0 Å². The zero-order valence-corrected chi connectivity index (χ0v) is 11.4. The predicted octanol–water partition coefficient (Wildman–Crippen LogP) is 2.95. The summed E-state index contributed by atoms with van der Waals surface area (Å²) in [5.41, 5.74) is 2.00. The van der Waals surface area contributed by atoms with Crippen LogP contribution in [0, 0.1) is 0 Å². The molecule has 2 rings (SSSR count). The van der Waals surface area contributed by atoms with Crippen molar-refractivity contribution in [2.24, 2.45) is 0 Å². The number of benzene rings is 2. The van der Waals surface area contributed by atoms with Gasteiger partial charge in [0, 0.05) is 17.9 Å². The molecule has 2 aromatic carbocycles. The Balaban J connectivity index is 1.88. The fourth-order valence-corrected chi connectivity index (χ4v) is 1.72. The number of ether oxygens (including phenoxy) is 1. The van der Waals surface area contributed by atoms with Gasteiger partial charge in [0.15, 0.2) is 6.61 Å². The van der Waals surface area contributed by atoms with Crippen molar-refractivity contribution in [3.8, 4) is 5.75 Å². The van der Waals surface area contributed by atoms with Crippen LogP contribution < -0.4 is 15.4 Å². The highest BCUT2D eigenvalue weighted by Gasteiger charge is 2.01. The lowest BCUT2D eigenvalue weighted by molar-refractivity contribution is -0.122. The molecule has 0 aliphatic heterocycles.